The normalized spacial score (nSPS) is 17.9. The first-order chi connectivity index (χ1) is 9.35. The van der Waals surface area contributed by atoms with Gasteiger partial charge in [0.1, 0.15) is 0 Å². The third-order valence-electron chi connectivity index (χ3n) is 4.65. The van der Waals surface area contributed by atoms with E-state index in [0.717, 1.165) is 0 Å². The zero-order valence-electron chi connectivity index (χ0n) is 13.5. The van der Waals surface area contributed by atoms with Crippen molar-refractivity contribution in [2.24, 2.45) is 35.0 Å². The van der Waals surface area contributed by atoms with Gasteiger partial charge in [0.15, 0.2) is 0 Å². The Morgan fingerprint density at radius 3 is 1.48 bits per heavy atom. The standard InChI is InChI=1S/C15H26O6/c1-7(2)10(13(18)19)8(3)11(14(20)21)15(5,6)9(4)12(16)17/h7-11H,1-6H3,(H,16,17)(H,18,19)(H,20,21). The average Bonchev–Trinajstić information content (AvgIpc) is 2.25. The molecule has 0 heterocycles. The smallest absolute Gasteiger partial charge is 0.307 e. The fourth-order valence-corrected chi connectivity index (χ4v) is 3.13. The van der Waals surface area contributed by atoms with Crippen molar-refractivity contribution in [3.05, 3.63) is 0 Å². The second-order valence-corrected chi connectivity index (χ2v) is 6.66. The Hall–Kier alpha value is -1.59. The lowest BCUT2D eigenvalue weighted by molar-refractivity contribution is -0.160. The van der Waals surface area contributed by atoms with Crippen molar-refractivity contribution in [2.45, 2.75) is 41.5 Å². The molecule has 4 unspecified atom stereocenters. The molecule has 6 heteroatoms. The zero-order chi connectivity index (χ0) is 17.1. The maximum Gasteiger partial charge on any atom is 0.307 e. The van der Waals surface area contributed by atoms with Gasteiger partial charge < -0.3 is 15.3 Å². The Labute approximate surface area is 125 Å². The zero-order valence-corrected chi connectivity index (χ0v) is 13.5. The molecule has 0 fully saturated rings. The van der Waals surface area contributed by atoms with E-state index in [0.29, 0.717) is 0 Å². The number of aliphatic carboxylic acids is 3. The van der Waals surface area contributed by atoms with Crippen LogP contribution in [0.5, 0.6) is 0 Å². The van der Waals surface area contributed by atoms with Crippen LogP contribution in [0.15, 0.2) is 0 Å². The number of carbonyl (C=O) groups is 3. The third kappa shape index (κ3) is 4.19. The highest BCUT2D eigenvalue weighted by Crippen LogP contribution is 2.43. The molecule has 0 aromatic heterocycles. The van der Waals surface area contributed by atoms with E-state index in [2.05, 4.69) is 0 Å². The van der Waals surface area contributed by atoms with E-state index in [1.165, 1.54) is 6.92 Å². The Bertz CT molecular complexity index is 412. The molecule has 0 aromatic rings. The molecule has 21 heavy (non-hydrogen) atoms. The lowest BCUT2D eigenvalue weighted by atomic mass is 9.62. The van der Waals surface area contributed by atoms with Gasteiger partial charge in [0.05, 0.1) is 17.8 Å². The first-order valence-electron chi connectivity index (χ1n) is 7.04. The molecule has 3 N–H and O–H groups in total. The van der Waals surface area contributed by atoms with Crippen molar-refractivity contribution >= 4 is 17.9 Å². The van der Waals surface area contributed by atoms with E-state index >= 15 is 0 Å². The quantitative estimate of drug-likeness (QED) is 0.635. The van der Waals surface area contributed by atoms with Crippen LogP contribution in [-0.4, -0.2) is 33.2 Å². The van der Waals surface area contributed by atoms with E-state index in [9.17, 15) is 29.7 Å². The predicted octanol–water partition coefficient (Wildman–Crippen LogP) is 2.43. The second kappa shape index (κ2) is 6.91. The molecule has 6 nitrogen and oxygen atoms in total. The average molecular weight is 302 g/mol. The van der Waals surface area contributed by atoms with Gasteiger partial charge in [0, 0.05) is 0 Å². The molecule has 0 aliphatic heterocycles. The van der Waals surface area contributed by atoms with Crippen molar-refractivity contribution < 1.29 is 29.7 Å². The minimum Gasteiger partial charge on any atom is -0.481 e. The molecule has 0 bridgehead atoms. The summed E-state index contributed by atoms with van der Waals surface area (Å²) < 4.78 is 0. The van der Waals surface area contributed by atoms with Crippen molar-refractivity contribution in [1.29, 1.82) is 0 Å². The Balaban J connectivity index is 5.74. The summed E-state index contributed by atoms with van der Waals surface area (Å²) in [6.45, 7) is 9.62. The number of carboxylic acid groups (broad SMARTS) is 3. The van der Waals surface area contributed by atoms with Gasteiger partial charge in [-0.05, 0) is 17.3 Å². The highest BCUT2D eigenvalue weighted by atomic mass is 16.4. The van der Waals surface area contributed by atoms with Crippen molar-refractivity contribution in [3.8, 4) is 0 Å². The molecule has 0 aromatic carbocycles. The summed E-state index contributed by atoms with van der Waals surface area (Å²) >= 11 is 0. The molecule has 4 atom stereocenters. The van der Waals surface area contributed by atoms with E-state index in [4.69, 9.17) is 0 Å². The topological polar surface area (TPSA) is 112 Å². The van der Waals surface area contributed by atoms with E-state index in [1.807, 2.05) is 0 Å². The van der Waals surface area contributed by atoms with Gasteiger partial charge in [0.25, 0.3) is 0 Å². The fourth-order valence-electron chi connectivity index (χ4n) is 3.13. The van der Waals surface area contributed by atoms with Crippen LogP contribution in [0.1, 0.15) is 41.5 Å². The Morgan fingerprint density at radius 2 is 1.24 bits per heavy atom. The van der Waals surface area contributed by atoms with Gasteiger partial charge in [0.2, 0.25) is 0 Å². The van der Waals surface area contributed by atoms with E-state index in [1.54, 1.807) is 34.6 Å². The summed E-state index contributed by atoms with van der Waals surface area (Å²) in [5.41, 5.74) is -1.07. The van der Waals surface area contributed by atoms with Crippen molar-refractivity contribution in [3.63, 3.8) is 0 Å². The molecule has 0 radical (unpaired) electrons. The first-order valence-corrected chi connectivity index (χ1v) is 7.04. The molecule has 0 amide bonds. The van der Waals surface area contributed by atoms with Gasteiger partial charge in [-0.2, -0.15) is 0 Å². The third-order valence-corrected chi connectivity index (χ3v) is 4.65. The minimum atomic E-state index is -1.16. The lowest BCUT2D eigenvalue weighted by Gasteiger charge is -2.40. The maximum absolute atomic E-state index is 11.7. The van der Waals surface area contributed by atoms with Crippen LogP contribution in [0, 0.1) is 35.0 Å². The highest BCUT2D eigenvalue weighted by molar-refractivity contribution is 5.77. The van der Waals surface area contributed by atoms with Crippen LogP contribution < -0.4 is 0 Å². The summed E-state index contributed by atoms with van der Waals surface area (Å²) in [5, 5.41) is 28.1. The Kier molecular flexibility index (Phi) is 6.39. The van der Waals surface area contributed by atoms with Gasteiger partial charge in [-0.3, -0.25) is 14.4 Å². The Morgan fingerprint density at radius 1 is 0.810 bits per heavy atom. The molecule has 122 valence electrons. The van der Waals surface area contributed by atoms with Crippen molar-refractivity contribution in [1.82, 2.24) is 0 Å². The summed E-state index contributed by atoms with van der Waals surface area (Å²) in [6, 6.07) is 0. The van der Waals surface area contributed by atoms with E-state index in [-0.39, 0.29) is 5.92 Å². The number of hydrogen-bond acceptors (Lipinski definition) is 3. The van der Waals surface area contributed by atoms with Crippen LogP contribution in [0.3, 0.4) is 0 Å². The monoisotopic (exact) mass is 302 g/mol. The molecular formula is C15H26O6. The van der Waals surface area contributed by atoms with E-state index < -0.39 is 47.0 Å². The van der Waals surface area contributed by atoms with Gasteiger partial charge in [-0.25, -0.2) is 0 Å². The molecule has 0 rings (SSSR count). The fraction of sp³-hybridized carbons (Fsp3) is 0.800. The lowest BCUT2D eigenvalue weighted by Crippen LogP contribution is -2.46. The predicted molar refractivity (Wildman–Crippen MR) is 76.8 cm³/mol. The van der Waals surface area contributed by atoms with Gasteiger partial charge in [-0.15, -0.1) is 0 Å². The summed E-state index contributed by atoms with van der Waals surface area (Å²) in [6.07, 6.45) is 0. The van der Waals surface area contributed by atoms with Gasteiger partial charge in [-0.1, -0.05) is 41.5 Å². The maximum atomic E-state index is 11.7. The second-order valence-electron chi connectivity index (χ2n) is 6.66. The molecule has 0 aliphatic rings. The van der Waals surface area contributed by atoms with Crippen LogP contribution in [0.2, 0.25) is 0 Å². The molecule has 0 aliphatic carbocycles. The largest absolute Gasteiger partial charge is 0.481 e. The molecular weight excluding hydrogens is 276 g/mol. The van der Waals surface area contributed by atoms with Crippen LogP contribution >= 0.6 is 0 Å². The van der Waals surface area contributed by atoms with Crippen LogP contribution in [0.4, 0.5) is 0 Å². The molecule has 0 saturated heterocycles. The van der Waals surface area contributed by atoms with Crippen LogP contribution in [-0.2, 0) is 14.4 Å². The summed E-state index contributed by atoms with van der Waals surface area (Å²) in [7, 11) is 0. The number of rotatable bonds is 8. The number of carboxylic acids is 3. The number of hydrogen-bond donors (Lipinski definition) is 3. The van der Waals surface area contributed by atoms with Gasteiger partial charge >= 0.3 is 17.9 Å². The SMILES string of the molecule is CC(C)C(C(=O)O)C(C)C(C(=O)O)C(C)(C)C(C)C(=O)O. The van der Waals surface area contributed by atoms with Crippen LogP contribution in [0.25, 0.3) is 0 Å². The molecule has 0 spiro atoms. The highest BCUT2D eigenvalue weighted by Gasteiger charge is 2.48. The van der Waals surface area contributed by atoms with Crippen molar-refractivity contribution in [2.75, 3.05) is 0 Å². The minimum absolute atomic E-state index is 0.240. The first kappa shape index (κ1) is 19.4. The summed E-state index contributed by atoms with van der Waals surface area (Å²) in [5.74, 6) is -7.03. The summed E-state index contributed by atoms with van der Waals surface area (Å²) in [4.78, 5) is 34.3. The molecule has 0 saturated carbocycles.